The van der Waals surface area contributed by atoms with E-state index in [9.17, 15) is 14.4 Å². The van der Waals surface area contributed by atoms with E-state index in [0.29, 0.717) is 0 Å². The summed E-state index contributed by atoms with van der Waals surface area (Å²) in [5, 5.41) is 0. The Balaban J connectivity index is -0.000000579. The molecule has 7 nitrogen and oxygen atoms in total. The molecule has 0 aliphatic carbocycles. The number of nitrogens with zero attached hydrogens (tertiary/aromatic N) is 2. The standard InChI is InChI=1S/2C16H36N.C2H8NO4P/c2*1-5-9-13-17(14-10-6-2,15-11-7-3)16-12-8-4;3-1-2-7-8(4,5)6/h2*5-16H2,1-4H3;1-3H2,(H2,4,5,6)/q2*+1;/p-2. The van der Waals surface area contributed by atoms with Gasteiger partial charge in [-0.3, -0.25) is 0 Å². The third kappa shape index (κ3) is 30.0. The minimum absolute atomic E-state index is 0.0362. The Labute approximate surface area is 264 Å². The number of phosphoric acid groups is 1. The molecule has 258 valence electrons. The quantitative estimate of drug-likeness (QED) is 0.0744. The number of phosphoric ester groups is 1. The van der Waals surface area contributed by atoms with Gasteiger partial charge in [0.2, 0.25) is 0 Å². The zero-order valence-corrected chi connectivity index (χ0v) is 30.8. The van der Waals surface area contributed by atoms with Gasteiger partial charge in [0.1, 0.15) is 0 Å². The van der Waals surface area contributed by atoms with Crippen molar-refractivity contribution < 1.29 is 27.8 Å². The van der Waals surface area contributed by atoms with Crippen LogP contribution in [-0.2, 0) is 9.09 Å². The molecule has 0 saturated carbocycles. The molecule has 0 rings (SSSR count). The maximum Gasteiger partial charge on any atom is 0.0786 e. The zero-order chi connectivity index (χ0) is 32.6. The largest absolute Gasteiger partial charge is 0.790 e. The van der Waals surface area contributed by atoms with Crippen molar-refractivity contribution in [1.29, 1.82) is 0 Å². The van der Waals surface area contributed by atoms with Gasteiger partial charge in [-0.05, 0) is 51.4 Å². The molecule has 0 spiro atoms. The maximum atomic E-state index is 9.58. The molecule has 0 radical (unpaired) electrons. The summed E-state index contributed by atoms with van der Waals surface area (Å²) in [7, 11) is -4.76. The summed E-state index contributed by atoms with van der Waals surface area (Å²) in [6.45, 7) is 29.8. The first-order valence-corrected chi connectivity index (χ1v) is 19.6. The summed E-state index contributed by atoms with van der Waals surface area (Å²) in [4.78, 5) is 19.2. The molecule has 0 aliphatic heterocycles. The minimum atomic E-state index is -4.76. The van der Waals surface area contributed by atoms with E-state index >= 15 is 0 Å². The molecule has 2 N–H and O–H groups in total. The monoisotopic (exact) mass is 624 g/mol. The number of hydrogen-bond donors (Lipinski definition) is 1. The first kappa shape index (κ1) is 46.4. The third-order valence-corrected chi connectivity index (χ3v) is 8.75. The molecule has 42 heavy (non-hydrogen) atoms. The summed E-state index contributed by atoms with van der Waals surface area (Å²) in [5.74, 6) is 0. The van der Waals surface area contributed by atoms with Crippen LogP contribution in [-0.4, -0.2) is 74.5 Å². The second-order valence-corrected chi connectivity index (χ2v) is 13.5. The first-order valence-electron chi connectivity index (χ1n) is 18.1. The Morgan fingerprint density at radius 2 is 0.667 bits per heavy atom. The SMILES string of the molecule is CCCC[N+](CCCC)(CCCC)CCCC.CCCC[N+](CCCC)(CCCC)CCCC.NCCOP(=O)([O-])[O-]. The summed E-state index contributed by atoms with van der Waals surface area (Å²) < 4.78 is 16.1. The van der Waals surface area contributed by atoms with Crippen LogP contribution in [0.2, 0.25) is 0 Å². The van der Waals surface area contributed by atoms with E-state index in [0.717, 1.165) is 0 Å². The van der Waals surface area contributed by atoms with Crippen LogP contribution in [0.1, 0.15) is 158 Å². The summed E-state index contributed by atoms with van der Waals surface area (Å²) in [6, 6.07) is 0. The predicted octanol–water partition coefficient (Wildman–Crippen LogP) is 7.80. The Morgan fingerprint density at radius 3 is 0.762 bits per heavy atom. The van der Waals surface area contributed by atoms with Crippen molar-refractivity contribution in [1.82, 2.24) is 0 Å². The van der Waals surface area contributed by atoms with E-state index in [1.807, 2.05) is 0 Å². The summed E-state index contributed by atoms with van der Waals surface area (Å²) in [5.41, 5.74) is 4.81. The van der Waals surface area contributed by atoms with E-state index in [4.69, 9.17) is 5.73 Å². The van der Waals surface area contributed by atoms with Crippen LogP contribution < -0.4 is 15.5 Å². The number of unbranched alkanes of at least 4 members (excludes halogenated alkanes) is 8. The third-order valence-electron chi connectivity index (χ3n) is 8.26. The van der Waals surface area contributed by atoms with Crippen LogP contribution >= 0.6 is 7.82 Å². The molecule has 0 amide bonds. The highest BCUT2D eigenvalue weighted by Crippen LogP contribution is 2.23. The second-order valence-electron chi connectivity index (χ2n) is 12.4. The van der Waals surface area contributed by atoms with Gasteiger partial charge in [0.25, 0.3) is 0 Å². The van der Waals surface area contributed by atoms with Crippen molar-refractivity contribution >= 4 is 7.82 Å². The molecule has 0 aliphatic rings. The van der Waals surface area contributed by atoms with Gasteiger partial charge < -0.3 is 33.6 Å². The minimum Gasteiger partial charge on any atom is -0.790 e. The van der Waals surface area contributed by atoms with Crippen LogP contribution in [0, 0.1) is 0 Å². The van der Waals surface area contributed by atoms with Crippen molar-refractivity contribution in [2.45, 2.75) is 158 Å². The Morgan fingerprint density at radius 1 is 0.476 bits per heavy atom. The first-order chi connectivity index (χ1) is 20.0. The fourth-order valence-corrected chi connectivity index (χ4v) is 5.78. The average Bonchev–Trinajstić information content (AvgIpc) is 2.99. The molecule has 0 saturated heterocycles. The molecule has 0 bridgehead atoms. The zero-order valence-electron chi connectivity index (χ0n) is 29.9. The Bertz CT molecular complexity index is 464. The predicted molar refractivity (Wildman–Crippen MR) is 181 cm³/mol. The molecule has 8 heteroatoms. The highest BCUT2D eigenvalue weighted by atomic mass is 31.2. The van der Waals surface area contributed by atoms with Crippen LogP contribution in [0.4, 0.5) is 0 Å². The van der Waals surface area contributed by atoms with Crippen LogP contribution in [0.15, 0.2) is 0 Å². The smallest absolute Gasteiger partial charge is 0.0786 e. The van der Waals surface area contributed by atoms with E-state index < -0.39 is 7.82 Å². The van der Waals surface area contributed by atoms with Gasteiger partial charge in [-0.25, -0.2) is 0 Å². The molecule has 0 unspecified atom stereocenters. The Kier molecular flexibility index (Phi) is 35.8. The second kappa shape index (κ2) is 32.4. The van der Waals surface area contributed by atoms with Crippen molar-refractivity contribution in [3.8, 4) is 0 Å². The van der Waals surface area contributed by atoms with Gasteiger partial charge in [-0.2, -0.15) is 0 Å². The molecular weight excluding hydrogens is 545 g/mol. The Hall–Kier alpha value is -0.0100. The average molecular weight is 624 g/mol. The van der Waals surface area contributed by atoms with Gasteiger partial charge in [0.05, 0.1) is 66.8 Å². The van der Waals surface area contributed by atoms with Gasteiger partial charge in [0, 0.05) is 6.54 Å². The molecule has 0 heterocycles. The summed E-state index contributed by atoms with van der Waals surface area (Å²) in [6.07, 6.45) is 22.1. The van der Waals surface area contributed by atoms with E-state index in [2.05, 4.69) is 59.9 Å². The van der Waals surface area contributed by atoms with Crippen LogP contribution in [0.5, 0.6) is 0 Å². The lowest BCUT2D eigenvalue weighted by Crippen LogP contribution is -2.50. The van der Waals surface area contributed by atoms with Crippen LogP contribution in [0.25, 0.3) is 0 Å². The van der Waals surface area contributed by atoms with Gasteiger partial charge in [-0.1, -0.05) is 107 Å². The lowest BCUT2D eigenvalue weighted by atomic mass is 10.1. The fourth-order valence-electron chi connectivity index (χ4n) is 5.45. The molecule has 0 atom stereocenters. The van der Waals surface area contributed by atoms with E-state index in [1.54, 1.807) is 0 Å². The van der Waals surface area contributed by atoms with Gasteiger partial charge in [0.15, 0.2) is 0 Å². The number of quaternary nitrogens is 2. The normalized spacial score (nSPS) is 12.0. The van der Waals surface area contributed by atoms with Gasteiger partial charge >= 0.3 is 0 Å². The van der Waals surface area contributed by atoms with Crippen molar-refractivity contribution in [2.24, 2.45) is 5.73 Å². The summed E-state index contributed by atoms with van der Waals surface area (Å²) >= 11 is 0. The topological polar surface area (TPSA) is 98.4 Å². The lowest BCUT2D eigenvalue weighted by molar-refractivity contribution is -0.929. The highest BCUT2D eigenvalue weighted by molar-refractivity contribution is 7.43. The van der Waals surface area contributed by atoms with E-state index in [-0.39, 0.29) is 13.2 Å². The maximum absolute atomic E-state index is 9.58. The molecular formula is C34H78N3O4P. The lowest BCUT2D eigenvalue weighted by Gasteiger charge is -2.39. The number of rotatable bonds is 27. The van der Waals surface area contributed by atoms with Crippen molar-refractivity contribution in [3.63, 3.8) is 0 Å². The molecule has 0 aromatic rings. The molecule has 0 aromatic heterocycles. The number of nitrogens with two attached hydrogens (primary N) is 1. The molecule has 0 fully saturated rings. The van der Waals surface area contributed by atoms with E-state index in [1.165, 1.54) is 164 Å². The van der Waals surface area contributed by atoms with Crippen LogP contribution in [0.3, 0.4) is 0 Å². The van der Waals surface area contributed by atoms with Crippen molar-refractivity contribution in [2.75, 3.05) is 65.5 Å². The highest BCUT2D eigenvalue weighted by Gasteiger charge is 2.25. The fraction of sp³-hybridized carbons (Fsp3) is 1.00. The number of hydrogen-bond acceptors (Lipinski definition) is 5. The van der Waals surface area contributed by atoms with Gasteiger partial charge in [-0.15, -0.1) is 0 Å². The van der Waals surface area contributed by atoms with Crippen molar-refractivity contribution in [3.05, 3.63) is 0 Å². The molecule has 0 aromatic carbocycles.